The van der Waals surface area contributed by atoms with Gasteiger partial charge in [-0.1, -0.05) is 6.07 Å². The van der Waals surface area contributed by atoms with Crippen LogP contribution in [0.5, 0.6) is 0 Å². The Balaban J connectivity index is 3.25. The van der Waals surface area contributed by atoms with Crippen molar-refractivity contribution in [2.45, 2.75) is 6.61 Å². The van der Waals surface area contributed by atoms with Gasteiger partial charge in [-0.3, -0.25) is 10.4 Å². The fourth-order valence-electron chi connectivity index (χ4n) is 1.08. The number of nitrogens with zero attached hydrogens (tertiary/aromatic N) is 2. The topological polar surface area (TPSA) is 113 Å². The van der Waals surface area contributed by atoms with E-state index in [1.54, 1.807) is 0 Å². The van der Waals surface area contributed by atoms with Gasteiger partial charge in [-0.05, 0) is 12.1 Å². The molecular weight excluding hydrogens is 192 g/mol. The van der Waals surface area contributed by atoms with Crippen molar-refractivity contribution in [2.24, 2.45) is 0 Å². The van der Waals surface area contributed by atoms with E-state index in [1.165, 1.54) is 18.2 Å². The highest BCUT2D eigenvalue weighted by Gasteiger charge is 2.09. The minimum absolute atomic E-state index is 0.150. The van der Waals surface area contributed by atoms with E-state index in [4.69, 9.17) is 15.5 Å². The fraction of sp³-hybridized carbons (Fsp3) is 0.143. The molecule has 0 aliphatic rings. The Morgan fingerprint density at radius 2 is 1.71 bits per heavy atom. The van der Waals surface area contributed by atoms with Gasteiger partial charge in [0.2, 0.25) is 0 Å². The van der Waals surface area contributed by atoms with Gasteiger partial charge in [0.1, 0.15) is 5.69 Å². The van der Waals surface area contributed by atoms with Crippen molar-refractivity contribution in [3.8, 4) is 0 Å². The zero-order chi connectivity index (χ0) is 10.7. The minimum Gasteiger partial charge on any atom is -0.769 e. The van der Waals surface area contributed by atoms with Crippen LogP contribution in [0.25, 0.3) is 0 Å². The molecule has 1 rings (SSSR count). The SMILES string of the molecule is [O-]N([O-])c1cccc(N(O)O)c1CO. The highest BCUT2D eigenvalue weighted by Crippen LogP contribution is 2.28. The second-order valence-corrected chi connectivity index (χ2v) is 2.48. The van der Waals surface area contributed by atoms with Crippen molar-refractivity contribution in [1.29, 1.82) is 0 Å². The quantitative estimate of drug-likeness (QED) is 0.611. The predicted molar refractivity (Wildman–Crippen MR) is 47.6 cm³/mol. The summed E-state index contributed by atoms with van der Waals surface area (Å²) in [6, 6.07) is 3.68. The Kier molecular flexibility index (Phi) is 3.23. The second kappa shape index (κ2) is 4.22. The molecule has 0 spiro atoms. The molecule has 0 fully saturated rings. The minimum atomic E-state index is -0.710. The molecular formula is C7H8N2O5-2. The summed E-state index contributed by atoms with van der Waals surface area (Å²) in [6.45, 7) is -0.649. The number of anilines is 2. The number of rotatable bonds is 3. The smallest absolute Gasteiger partial charge is 0.102 e. The summed E-state index contributed by atoms with van der Waals surface area (Å²) in [5.41, 5.74) is -0.734. The van der Waals surface area contributed by atoms with Crippen LogP contribution in [0.15, 0.2) is 18.2 Å². The van der Waals surface area contributed by atoms with Crippen molar-refractivity contribution >= 4 is 11.4 Å². The maximum Gasteiger partial charge on any atom is 0.102 e. The van der Waals surface area contributed by atoms with Crippen molar-refractivity contribution in [1.82, 2.24) is 0 Å². The number of aliphatic hydroxyl groups is 1. The first-order chi connectivity index (χ1) is 6.57. The Hall–Kier alpha value is -1.38. The van der Waals surface area contributed by atoms with Crippen LogP contribution in [0.1, 0.15) is 5.56 Å². The first-order valence-corrected chi connectivity index (χ1v) is 3.63. The maximum absolute atomic E-state index is 10.5. The highest BCUT2D eigenvalue weighted by atomic mass is 16.8. The molecule has 0 saturated carbocycles. The Morgan fingerprint density at radius 3 is 2.14 bits per heavy atom. The third-order valence-corrected chi connectivity index (χ3v) is 1.70. The van der Waals surface area contributed by atoms with E-state index in [9.17, 15) is 10.4 Å². The number of hydrogen-bond acceptors (Lipinski definition) is 7. The molecule has 0 saturated heterocycles. The Bertz CT molecular complexity index is 289. The lowest BCUT2D eigenvalue weighted by Gasteiger charge is -2.39. The van der Waals surface area contributed by atoms with E-state index in [-0.39, 0.29) is 22.2 Å². The molecule has 14 heavy (non-hydrogen) atoms. The molecule has 0 aromatic heterocycles. The fourth-order valence-corrected chi connectivity index (χ4v) is 1.08. The number of hydrogen-bond donors (Lipinski definition) is 3. The lowest BCUT2D eigenvalue weighted by atomic mass is 10.1. The van der Waals surface area contributed by atoms with Crippen LogP contribution in [0.3, 0.4) is 0 Å². The molecule has 0 heterocycles. The van der Waals surface area contributed by atoms with E-state index in [1.807, 2.05) is 0 Å². The lowest BCUT2D eigenvalue weighted by molar-refractivity contribution is 0.0281. The molecule has 0 bridgehead atoms. The van der Waals surface area contributed by atoms with E-state index < -0.39 is 11.8 Å². The molecule has 78 valence electrons. The maximum atomic E-state index is 10.5. The molecule has 7 nitrogen and oxygen atoms in total. The molecule has 7 heteroatoms. The van der Waals surface area contributed by atoms with Gasteiger partial charge in [0, 0.05) is 11.3 Å². The van der Waals surface area contributed by atoms with E-state index in [0.29, 0.717) is 0 Å². The van der Waals surface area contributed by atoms with Crippen LogP contribution in [-0.2, 0) is 6.61 Å². The first kappa shape index (κ1) is 10.7. The predicted octanol–water partition coefficient (Wildman–Crippen LogP) is 0.566. The van der Waals surface area contributed by atoms with Gasteiger partial charge >= 0.3 is 0 Å². The Morgan fingerprint density at radius 1 is 1.14 bits per heavy atom. The van der Waals surface area contributed by atoms with Crippen molar-refractivity contribution in [3.05, 3.63) is 34.2 Å². The molecule has 1 aromatic rings. The van der Waals surface area contributed by atoms with Gasteiger partial charge in [-0.15, -0.1) is 5.23 Å². The molecule has 3 N–H and O–H groups in total. The zero-order valence-corrected chi connectivity index (χ0v) is 6.99. The lowest BCUT2D eigenvalue weighted by Crippen LogP contribution is -2.16. The Labute approximate surface area is 79.1 Å². The summed E-state index contributed by atoms with van der Waals surface area (Å²) in [5.74, 6) is 0. The van der Waals surface area contributed by atoms with Gasteiger partial charge in [0.25, 0.3) is 0 Å². The normalized spacial score (nSPS) is 10.1. The summed E-state index contributed by atoms with van der Waals surface area (Å²) < 4.78 is 0. The van der Waals surface area contributed by atoms with Gasteiger partial charge in [0.05, 0.1) is 6.61 Å². The van der Waals surface area contributed by atoms with Crippen LogP contribution in [0, 0.1) is 10.4 Å². The van der Waals surface area contributed by atoms with E-state index in [2.05, 4.69) is 0 Å². The van der Waals surface area contributed by atoms with Crippen LogP contribution >= 0.6 is 0 Å². The molecule has 0 unspecified atom stereocenters. The van der Waals surface area contributed by atoms with Crippen molar-refractivity contribution in [2.75, 3.05) is 10.5 Å². The molecule has 0 amide bonds. The van der Waals surface area contributed by atoms with Gasteiger partial charge in [-0.2, -0.15) is 0 Å². The largest absolute Gasteiger partial charge is 0.769 e. The van der Waals surface area contributed by atoms with Crippen molar-refractivity contribution in [3.63, 3.8) is 0 Å². The number of benzene rings is 1. The molecule has 1 aromatic carbocycles. The third-order valence-electron chi connectivity index (χ3n) is 1.70. The first-order valence-electron chi connectivity index (χ1n) is 3.63. The summed E-state index contributed by atoms with van der Waals surface area (Å²) in [4.78, 5) is 0. The second-order valence-electron chi connectivity index (χ2n) is 2.48. The van der Waals surface area contributed by atoms with Gasteiger partial charge < -0.3 is 20.7 Å². The van der Waals surface area contributed by atoms with Crippen LogP contribution in [0.4, 0.5) is 11.4 Å². The van der Waals surface area contributed by atoms with Crippen LogP contribution in [-0.4, -0.2) is 15.5 Å². The average molecular weight is 200 g/mol. The van der Waals surface area contributed by atoms with Gasteiger partial charge in [0.15, 0.2) is 0 Å². The standard InChI is InChI=1S/C7H8N2O5/c10-4-5-6(8(11)12)2-1-3-7(5)9(13)14/h1-3,10-12H,4H2/q-2. The third kappa shape index (κ3) is 1.92. The molecule has 0 radical (unpaired) electrons. The highest BCUT2D eigenvalue weighted by molar-refractivity contribution is 5.66. The summed E-state index contributed by atoms with van der Waals surface area (Å²) in [5, 5.41) is 46.2. The molecule has 0 aliphatic carbocycles. The van der Waals surface area contributed by atoms with E-state index in [0.717, 1.165) is 0 Å². The van der Waals surface area contributed by atoms with E-state index >= 15 is 0 Å². The number of aliphatic hydroxyl groups excluding tert-OH is 1. The summed E-state index contributed by atoms with van der Waals surface area (Å²) in [6.07, 6.45) is 0. The summed E-state index contributed by atoms with van der Waals surface area (Å²) >= 11 is 0. The van der Waals surface area contributed by atoms with Gasteiger partial charge in [-0.25, -0.2) is 0 Å². The monoisotopic (exact) mass is 200 g/mol. The van der Waals surface area contributed by atoms with Crippen molar-refractivity contribution < 1.29 is 15.5 Å². The van der Waals surface area contributed by atoms with Crippen LogP contribution in [0.2, 0.25) is 0 Å². The molecule has 0 atom stereocenters. The molecule has 0 aliphatic heterocycles. The zero-order valence-electron chi connectivity index (χ0n) is 6.99. The summed E-state index contributed by atoms with van der Waals surface area (Å²) in [7, 11) is 0. The van der Waals surface area contributed by atoms with Crippen LogP contribution < -0.4 is 10.5 Å². The average Bonchev–Trinajstić information content (AvgIpc) is 2.16.